The van der Waals surface area contributed by atoms with Gasteiger partial charge in [0.25, 0.3) is 0 Å². The Bertz CT molecular complexity index is 15.7. The van der Waals surface area contributed by atoms with Crippen LogP contribution in [0.3, 0.4) is 0 Å². The maximum Gasteiger partial charge on any atom is 3.00 e. The fourth-order valence-electron chi connectivity index (χ4n) is 0. The molecular formula is C2H7Cl2OTi. The number of rotatable bonds is 0. The summed E-state index contributed by atoms with van der Waals surface area (Å²) in [7, 11) is 0. The summed E-state index contributed by atoms with van der Waals surface area (Å²) in [6.45, 7) is 1.57. The second-order valence-electron chi connectivity index (χ2n) is 0.289. The third-order valence-electron chi connectivity index (χ3n) is 0. The van der Waals surface area contributed by atoms with Crippen molar-refractivity contribution in [2.24, 2.45) is 0 Å². The predicted molar refractivity (Wildman–Crippen MR) is 12.7 cm³/mol. The first-order valence-corrected chi connectivity index (χ1v) is 0.996. The fraction of sp³-hybridized carbons (Fsp3) is 1.00. The Balaban J connectivity index is -0.00000000333. The first kappa shape index (κ1) is 26.8. The van der Waals surface area contributed by atoms with Gasteiger partial charge < -0.3 is 29.9 Å². The average molecular weight is 166 g/mol. The van der Waals surface area contributed by atoms with Crippen molar-refractivity contribution in [3.05, 3.63) is 0 Å². The van der Waals surface area contributed by atoms with Crippen LogP contribution in [0.15, 0.2) is 0 Å². The molecule has 0 unspecified atom stereocenters. The predicted octanol–water partition coefficient (Wildman–Crippen LogP) is -6.38. The monoisotopic (exact) mass is 165 g/mol. The van der Waals surface area contributed by atoms with Gasteiger partial charge in [-0.2, -0.15) is 0 Å². The van der Waals surface area contributed by atoms with Gasteiger partial charge in [-0.25, -0.2) is 0 Å². The largest absolute Gasteiger partial charge is 3.00 e. The van der Waals surface area contributed by atoms with Crippen molar-refractivity contribution in [2.75, 3.05) is 6.61 Å². The van der Waals surface area contributed by atoms with Crippen LogP contribution in [-0.4, -0.2) is 6.61 Å². The second-order valence-corrected chi connectivity index (χ2v) is 0.289. The molecule has 0 spiro atoms. The van der Waals surface area contributed by atoms with Crippen molar-refractivity contribution in [3.63, 3.8) is 0 Å². The minimum atomic E-state index is 0. The quantitative estimate of drug-likeness (QED) is 0.328. The van der Waals surface area contributed by atoms with Crippen LogP contribution in [0.5, 0.6) is 0 Å². The van der Waals surface area contributed by atoms with Crippen molar-refractivity contribution in [1.29, 1.82) is 0 Å². The van der Waals surface area contributed by atoms with E-state index >= 15 is 0 Å². The smallest absolute Gasteiger partial charge is 1.00 e. The maximum absolute atomic E-state index is 8.93. The first-order chi connectivity index (χ1) is 1.41. The Hall–Kier alpha value is 1.25. The molecule has 0 aliphatic rings. The number of halogens is 2. The van der Waals surface area contributed by atoms with E-state index in [0.29, 0.717) is 0 Å². The molecule has 0 aliphatic carbocycles. The summed E-state index contributed by atoms with van der Waals surface area (Å²) in [4.78, 5) is 0. The van der Waals surface area contributed by atoms with E-state index in [9.17, 15) is 0 Å². The average Bonchev–Trinajstić information content (AvgIpc) is 0.918. The van der Waals surface area contributed by atoms with E-state index in [4.69, 9.17) is 5.11 Å². The number of hydrogen-bond acceptors (Lipinski definition) is 1. The van der Waals surface area contributed by atoms with Gasteiger partial charge >= 0.3 is 21.7 Å². The van der Waals surface area contributed by atoms with E-state index < -0.39 is 0 Å². The molecule has 0 amide bonds. The SMILES string of the molecule is CC[O-].[Cl-].[Cl-].[HH].[Ti+3]. The molecule has 0 heterocycles. The van der Waals surface area contributed by atoms with E-state index in [2.05, 4.69) is 0 Å². The van der Waals surface area contributed by atoms with Crippen LogP contribution in [0.4, 0.5) is 0 Å². The third kappa shape index (κ3) is 60.4. The Morgan fingerprint density at radius 1 is 1.50 bits per heavy atom. The van der Waals surface area contributed by atoms with Gasteiger partial charge in [0.2, 0.25) is 0 Å². The van der Waals surface area contributed by atoms with Gasteiger partial charge in [0.05, 0.1) is 0 Å². The molecule has 4 heteroatoms. The Morgan fingerprint density at radius 3 is 1.50 bits per heavy atom. The Labute approximate surface area is 66.7 Å². The van der Waals surface area contributed by atoms with Crippen molar-refractivity contribution in [1.82, 2.24) is 0 Å². The van der Waals surface area contributed by atoms with Crippen LogP contribution in [-0.2, 0) is 21.7 Å². The zero-order chi connectivity index (χ0) is 2.71. The summed E-state index contributed by atoms with van der Waals surface area (Å²) in [5.41, 5.74) is 0. The van der Waals surface area contributed by atoms with Crippen LogP contribution in [0.1, 0.15) is 8.35 Å². The Kier molecular flexibility index (Phi) is 152. The summed E-state index contributed by atoms with van der Waals surface area (Å²) < 4.78 is 0. The molecule has 0 saturated heterocycles. The van der Waals surface area contributed by atoms with Crippen molar-refractivity contribution < 1.29 is 53.1 Å². The zero-order valence-corrected chi connectivity index (χ0v) is 6.44. The molecule has 6 heavy (non-hydrogen) atoms. The molecule has 0 aromatic carbocycles. The third-order valence-corrected chi connectivity index (χ3v) is 0. The summed E-state index contributed by atoms with van der Waals surface area (Å²) in [6, 6.07) is 0. The summed E-state index contributed by atoms with van der Waals surface area (Å²) in [5, 5.41) is 8.93. The van der Waals surface area contributed by atoms with Gasteiger partial charge in [-0.3, -0.25) is 0 Å². The molecule has 1 nitrogen and oxygen atoms in total. The Morgan fingerprint density at radius 2 is 1.50 bits per heavy atom. The van der Waals surface area contributed by atoms with Gasteiger partial charge in [0.1, 0.15) is 0 Å². The molecule has 39 valence electrons. The van der Waals surface area contributed by atoms with Gasteiger partial charge in [0.15, 0.2) is 0 Å². The molecule has 0 N–H and O–H groups in total. The molecule has 0 fully saturated rings. The van der Waals surface area contributed by atoms with Gasteiger partial charge in [-0.1, -0.05) is 6.92 Å². The van der Waals surface area contributed by atoms with E-state index in [1.807, 2.05) is 0 Å². The molecule has 0 aromatic rings. The fourth-order valence-corrected chi connectivity index (χ4v) is 0. The van der Waals surface area contributed by atoms with Gasteiger partial charge in [0, 0.05) is 1.43 Å². The summed E-state index contributed by atoms with van der Waals surface area (Å²) in [5.74, 6) is 0. The summed E-state index contributed by atoms with van der Waals surface area (Å²) >= 11 is 0. The van der Waals surface area contributed by atoms with Crippen molar-refractivity contribution in [3.8, 4) is 0 Å². The molecule has 0 atom stereocenters. The second kappa shape index (κ2) is 34.0. The maximum atomic E-state index is 8.93. The van der Waals surface area contributed by atoms with E-state index in [1.54, 1.807) is 6.92 Å². The minimum absolute atomic E-state index is 0. The molecule has 1 radical (unpaired) electrons. The molecule has 0 aromatic heterocycles. The van der Waals surface area contributed by atoms with Gasteiger partial charge in [-0.05, 0) is 0 Å². The standard InChI is InChI=1S/C2H5O.2ClH.Ti.H2/c1-2-3;;;;/h2H2,1H3;2*1H;;1H/q-1;;;+3;/p-2. The van der Waals surface area contributed by atoms with Crippen LogP contribution in [0.25, 0.3) is 0 Å². The molecule has 0 rings (SSSR count). The minimum Gasteiger partial charge on any atom is -1.00 e. The van der Waals surface area contributed by atoms with Gasteiger partial charge in [-0.15, -0.1) is 6.61 Å². The molecular weight excluding hydrogens is 159 g/mol. The molecule has 0 aliphatic heterocycles. The first-order valence-electron chi connectivity index (χ1n) is 0.996. The van der Waals surface area contributed by atoms with Crippen molar-refractivity contribution >= 4 is 0 Å². The van der Waals surface area contributed by atoms with Crippen LogP contribution >= 0.6 is 0 Å². The van der Waals surface area contributed by atoms with Crippen LogP contribution in [0.2, 0.25) is 0 Å². The topological polar surface area (TPSA) is 23.1 Å². The zero-order valence-electron chi connectivity index (χ0n) is 3.37. The normalized spacial score (nSPS) is 3.00. The van der Waals surface area contributed by atoms with Crippen LogP contribution in [0, 0.1) is 0 Å². The van der Waals surface area contributed by atoms with E-state index in [-0.39, 0.29) is 54.6 Å². The van der Waals surface area contributed by atoms with E-state index in [1.165, 1.54) is 0 Å². The summed E-state index contributed by atoms with van der Waals surface area (Å²) in [6.07, 6.45) is 0. The number of hydrogen-bond donors (Lipinski definition) is 0. The molecule has 0 bridgehead atoms. The van der Waals surface area contributed by atoms with Crippen molar-refractivity contribution in [2.45, 2.75) is 6.92 Å². The van der Waals surface area contributed by atoms with Crippen LogP contribution < -0.4 is 29.9 Å². The molecule has 0 saturated carbocycles. The van der Waals surface area contributed by atoms with E-state index in [0.717, 1.165) is 0 Å².